The minimum Gasteiger partial charge on any atom is -0.366 e. The van der Waals surface area contributed by atoms with Crippen molar-refractivity contribution in [1.82, 2.24) is 19.6 Å². The number of alkyl halides is 3. The van der Waals surface area contributed by atoms with E-state index in [1.807, 2.05) is 9.80 Å². The van der Waals surface area contributed by atoms with Crippen LogP contribution in [-0.2, 0) is 27.5 Å². The average Bonchev–Trinajstić information content (AvgIpc) is 3.60. The second-order valence-electron chi connectivity index (χ2n) is 11.6. The minimum absolute atomic E-state index is 0.000949. The summed E-state index contributed by atoms with van der Waals surface area (Å²) < 4.78 is 96.5. The van der Waals surface area contributed by atoms with Gasteiger partial charge in [0.15, 0.2) is 5.82 Å². The summed E-state index contributed by atoms with van der Waals surface area (Å²) in [5.41, 5.74) is 0.645. The number of benzene rings is 3. The van der Waals surface area contributed by atoms with Crippen LogP contribution in [0.5, 0.6) is 0 Å². The Morgan fingerprint density at radius 3 is 2.29 bits per heavy atom. The number of amides is 1. The van der Waals surface area contributed by atoms with Gasteiger partial charge in [-0.1, -0.05) is 41.9 Å². The molecule has 258 valence electrons. The van der Waals surface area contributed by atoms with Crippen molar-refractivity contribution >= 4 is 39.2 Å². The number of aromatic nitrogens is 2. The Labute approximate surface area is 284 Å². The van der Waals surface area contributed by atoms with Gasteiger partial charge >= 0.3 is 6.18 Å². The summed E-state index contributed by atoms with van der Waals surface area (Å²) in [6, 6.07) is 15.0. The van der Waals surface area contributed by atoms with E-state index in [2.05, 4.69) is 15.3 Å². The van der Waals surface area contributed by atoms with Crippen molar-refractivity contribution in [3.63, 3.8) is 0 Å². The predicted molar refractivity (Wildman–Crippen MR) is 173 cm³/mol. The molecule has 3 aromatic carbocycles. The molecule has 1 aromatic heterocycles. The number of nitrogens with one attached hydrogen (secondary N) is 1. The number of sulfonamides is 1. The highest BCUT2D eigenvalue weighted by Gasteiger charge is 2.41. The molecule has 2 fully saturated rings. The quantitative estimate of drug-likeness (QED) is 0.227. The summed E-state index contributed by atoms with van der Waals surface area (Å²) in [7, 11) is -4.40. The van der Waals surface area contributed by atoms with Crippen LogP contribution in [0.1, 0.15) is 24.1 Å². The molecule has 0 saturated carbocycles. The second kappa shape index (κ2) is 13.9. The van der Waals surface area contributed by atoms with E-state index in [1.54, 1.807) is 18.2 Å². The van der Waals surface area contributed by atoms with Crippen LogP contribution in [0.3, 0.4) is 0 Å². The second-order valence-corrected chi connectivity index (χ2v) is 13.9. The van der Waals surface area contributed by atoms with Gasteiger partial charge in [-0.05, 0) is 55.3 Å². The monoisotopic (exact) mass is 720 g/mol. The van der Waals surface area contributed by atoms with E-state index in [-0.39, 0.29) is 36.3 Å². The molecule has 0 aliphatic carbocycles. The van der Waals surface area contributed by atoms with Gasteiger partial charge in [0.25, 0.3) is 0 Å². The number of halogens is 6. The third kappa shape index (κ3) is 7.33. The molecule has 1 unspecified atom stereocenters. The predicted octanol–water partition coefficient (Wildman–Crippen LogP) is 5.89. The number of rotatable bonds is 8. The van der Waals surface area contributed by atoms with Crippen LogP contribution in [0.2, 0.25) is 5.02 Å². The van der Waals surface area contributed by atoms with Crippen LogP contribution in [0.15, 0.2) is 77.7 Å². The van der Waals surface area contributed by atoms with Crippen LogP contribution in [0.25, 0.3) is 11.3 Å². The minimum atomic E-state index is -4.52. The standard InChI is InChI=1S/C33H30ClF5N6O3S/c34-24-5-3-9-29(30(24)36)49(47,48)45-14-4-8-28(45)31(46)40-20-23-19-26(21-10-12-22(13-11-21)33(37,38)39)42-32(41-23)44-17-15-43(16-18-44)27-7-2-1-6-25(27)35/h1-3,5-7,9-13,19,28H,4,8,14-18,20H2,(H,40,46). The van der Waals surface area contributed by atoms with Crippen molar-refractivity contribution in [2.45, 2.75) is 36.5 Å². The van der Waals surface area contributed by atoms with Gasteiger partial charge in [0.1, 0.15) is 16.8 Å². The lowest BCUT2D eigenvalue weighted by Gasteiger charge is -2.36. The SMILES string of the molecule is O=C(NCc1cc(-c2ccc(C(F)(F)F)cc2)nc(N2CCN(c3ccccc3F)CC2)n1)C1CCCN1S(=O)(=O)c1cccc(Cl)c1F. The van der Waals surface area contributed by atoms with Gasteiger partial charge in [-0.15, -0.1) is 0 Å². The fraction of sp³-hybridized carbons (Fsp3) is 0.303. The average molecular weight is 721 g/mol. The van der Waals surface area contributed by atoms with Crippen LogP contribution in [-0.4, -0.2) is 67.4 Å². The fourth-order valence-corrected chi connectivity index (χ4v) is 7.92. The lowest BCUT2D eigenvalue weighted by Crippen LogP contribution is -2.47. The first-order valence-corrected chi connectivity index (χ1v) is 17.2. The molecule has 9 nitrogen and oxygen atoms in total. The zero-order valence-electron chi connectivity index (χ0n) is 25.8. The third-order valence-electron chi connectivity index (χ3n) is 8.48. The lowest BCUT2D eigenvalue weighted by molar-refractivity contribution is -0.137. The van der Waals surface area contributed by atoms with Gasteiger partial charge in [-0.2, -0.15) is 17.5 Å². The Hall–Kier alpha value is -4.34. The van der Waals surface area contributed by atoms with Gasteiger partial charge in [0, 0.05) is 38.3 Å². The molecule has 1 atom stereocenters. The van der Waals surface area contributed by atoms with E-state index in [0.717, 1.165) is 22.5 Å². The van der Waals surface area contributed by atoms with Crippen LogP contribution in [0.4, 0.5) is 33.6 Å². The number of carbonyl (C=O) groups excluding carboxylic acids is 1. The highest BCUT2D eigenvalue weighted by Crippen LogP contribution is 2.32. The zero-order chi connectivity index (χ0) is 34.9. The lowest BCUT2D eigenvalue weighted by atomic mass is 10.1. The van der Waals surface area contributed by atoms with Crippen molar-refractivity contribution in [2.24, 2.45) is 0 Å². The van der Waals surface area contributed by atoms with Gasteiger partial charge < -0.3 is 15.1 Å². The number of carbonyl (C=O) groups is 1. The number of nitrogens with zero attached hydrogens (tertiary/aromatic N) is 5. The smallest absolute Gasteiger partial charge is 0.366 e. The Morgan fingerprint density at radius 2 is 1.59 bits per heavy atom. The van der Waals surface area contributed by atoms with Crippen LogP contribution < -0.4 is 15.1 Å². The summed E-state index contributed by atoms with van der Waals surface area (Å²) >= 11 is 5.82. The van der Waals surface area contributed by atoms with E-state index in [9.17, 15) is 35.2 Å². The molecule has 0 spiro atoms. The number of hydrogen-bond acceptors (Lipinski definition) is 7. The first-order valence-electron chi connectivity index (χ1n) is 15.4. The molecule has 2 aliphatic rings. The molecule has 1 amide bonds. The summed E-state index contributed by atoms with van der Waals surface area (Å²) in [5, 5.41) is 2.36. The summed E-state index contributed by atoms with van der Waals surface area (Å²) in [4.78, 5) is 25.8. The van der Waals surface area contributed by atoms with E-state index < -0.39 is 44.4 Å². The topological polar surface area (TPSA) is 98.7 Å². The molecular weight excluding hydrogens is 691 g/mol. The molecule has 3 heterocycles. The van der Waals surface area contributed by atoms with E-state index in [0.29, 0.717) is 55.2 Å². The fourth-order valence-electron chi connectivity index (χ4n) is 5.94. The maximum Gasteiger partial charge on any atom is 0.416 e. The maximum absolute atomic E-state index is 14.7. The normalized spacial score (nSPS) is 17.4. The molecule has 6 rings (SSSR count). The van der Waals surface area contributed by atoms with Gasteiger partial charge in [0.2, 0.25) is 21.9 Å². The van der Waals surface area contributed by atoms with Crippen molar-refractivity contribution < 1.29 is 35.2 Å². The van der Waals surface area contributed by atoms with Crippen molar-refractivity contribution in [1.29, 1.82) is 0 Å². The van der Waals surface area contributed by atoms with Gasteiger partial charge in [0.05, 0.1) is 34.2 Å². The first kappa shape index (κ1) is 34.5. The number of piperazine rings is 1. The zero-order valence-corrected chi connectivity index (χ0v) is 27.4. The van der Waals surface area contributed by atoms with Crippen LogP contribution in [0, 0.1) is 11.6 Å². The number of anilines is 2. The molecule has 0 radical (unpaired) electrons. The van der Waals surface area contributed by atoms with Crippen molar-refractivity contribution in [2.75, 3.05) is 42.5 Å². The molecule has 2 aliphatic heterocycles. The molecule has 4 aromatic rings. The van der Waals surface area contributed by atoms with E-state index in [4.69, 9.17) is 11.6 Å². The molecule has 2 saturated heterocycles. The summed E-state index contributed by atoms with van der Waals surface area (Å²) in [6.07, 6.45) is -3.96. The molecule has 49 heavy (non-hydrogen) atoms. The summed E-state index contributed by atoms with van der Waals surface area (Å²) in [5.74, 6) is -1.82. The molecular formula is C33H30ClF5N6O3S. The van der Waals surface area contributed by atoms with E-state index >= 15 is 0 Å². The van der Waals surface area contributed by atoms with Crippen LogP contribution >= 0.6 is 11.6 Å². The Balaban J connectivity index is 1.23. The number of hydrogen-bond donors (Lipinski definition) is 1. The molecule has 16 heteroatoms. The van der Waals surface area contributed by atoms with Gasteiger partial charge in [-0.3, -0.25) is 4.79 Å². The Morgan fingerprint density at radius 1 is 0.898 bits per heavy atom. The third-order valence-corrected chi connectivity index (χ3v) is 10.7. The highest BCUT2D eigenvalue weighted by atomic mass is 35.5. The first-order chi connectivity index (χ1) is 23.3. The Kier molecular flexibility index (Phi) is 9.78. The van der Waals surface area contributed by atoms with Crippen molar-refractivity contribution in [3.8, 4) is 11.3 Å². The van der Waals surface area contributed by atoms with Crippen molar-refractivity contribution in [3.05, 3.63) is 101 Å². The highest BCUT2D eigenvalue weighted by molar-refractivity contribution is 7.89. The van der Waals surface area contributed by atoms with E-state index in [1.165, 1.54) is 36.4 Å². The maximum atomic E-state index is 14.7. The molecule has 1 N–H and O–H groups in total. The molecule has 0 bridgehead atoms. The number of para-hydroxylation sites is 1. The van der Waals surface area contributed by atoms with Gasteiger partial charge in [-0.25, -0.2) is 27.2 Å². The largest absolute Gasteiger partial charge is 0.416 e. The Bertz CT molecular complexity index is 1960. The summed E-state index contributed by atoms with van der Waals surface area (Å²) in [6.45, 7) is 1.55.